The molecule has 36 valence electrons. The molecule has 0 saturated carbocycles. The first-order valence-electron chi connectivity index (χ1n) is 1.56. The first-order chi connectivity index (χ1) is 2.50. The van der Waals surface area contributed by atoms with Gasteiger partial charge in [0.1, 0.15) is 6.73 Å². The van der Waals surface area contributed by atoms with Crippen molar-refractivity contribution in [2.24, 2.45) is 4.99 Å². The second-order valence-corrected chi connectivity index (χ2v) is 0.865. The summed E-state index contributed by atoms with van der Waals surface area (Å²) in [5.74, 6) is 0. The third kappa shape index (κ3) is 1.14. The van der Waals surface area contributed by atoms with Crippen molar-refractivity contribution in [3.8, 4) is 0 Å². The van der Waals surface area contributed by atoms with Crippen molar-refractivity contribution in [3.63, 3.8) is 0 Å². The Morgan fingerprint density at radius 1 is 1.67 bits per heavy atom. The van der Waals surface area contributed by atoms with Crippen LogP contribution in [0.1, 0.15) is 0 Å². The molecule has 3 nitrogen and oxygen atoms in total. The lowest BCUT2D eigenvalue weighted by atomic mass is 10.8. The van der Waals surface area contributed by atoms with Crippen molar-refractivity contribution in [1.82, 2.24) is 0 Å². The second-order valence-electron chi connectivity index (χ2n) is 0.865. The molecule has 0 aromatic carbocycles. The number of ether oxygens (including phenoxy) is 1. The molecular formula is C3H7NO2. The summed E-state index contributed by atoms with van der Waals surface area (Å²) < 4.78 is 4.72. The molecule has 1 aliphatic heterocycles. The Hall–Kier alpha value is -0.410. The average Bonchev–Trinajstić information content (AvgIpc) is 1.76. The van der Waals surface area contributed by atoms with E-state index >= 15 is 0 Å². The summed E-state index contributed by atoms with van der Waals surface area (Å²) in [6.07, 6.45) is 1.76. The van der Waals surface area contributed by atoms with Gasteiger partial charge in [-0.3, -0.25) is 4.99 Å². The Bertz CT molecular complexity index is 46.8. The minimum Gasteiger partial charge on any atom is -0.412 e. The Balaban J connectivity index is 0.000000250. The topological polar surface area (TPSA) is 53.1 Å². The second kappa shape index (κ2) is 2.81. The zero-order chi connectivity index (χ0) is 3.54. The fraction of sp³-hybridized carbons (Fsp3) is 0.667. The SMILES string of the molecule is C1=NCOC1.O. The molecule has 0 spiro atoms. The Labute approximate surface area is 36.0 Å². The normalized spacial score (nSPS) is 17.3. The monoisotopic (exact) mass is 89.0 g/mol. The van der Waals surface area contributed by atoms with Crippen molar-refractivity contribution < 1.29 is 10.2 Å². The van der Waals surface area contributed by atoms with Crippen LogP contribution in [0.3, 0.4) is 0 Å². The summed E-state index contributed by atoms with van der Waals surface area (Å²) in [6.45, 7) is 1.28. The minimum atomic E-state index is 0. The van der Waals surface area contributed by atoms with Gasteiger partial charge in [0.15, 0.2) is 0 Å². The van der Waals surface area contributed by atoms with Crippen LogP contribution < -0.4 is 0 Å². The Morgan fingerprint density at radius 2 is 2.50 bits per heavy atom. The third-order valence-corrected chi connectivity index (χ3v) is 0.487. The molecule has 0 aromatic heterocycles. The van der Waals surface area contributed by atoms with E-state index < -0.39 is 0 Å². The average molecular weight is 89.1 g/mol. The molecule has 0 amide bonds. The fourth-order valence-corrected chi connectivity index (χ4v) is 0.264. The van der Waals surface area contributed by atoms with E-state index in [1.54, 1.807) is 6.21 Å². The molecule has 0 atom stereocenters. The van der Waals surface area contributed by atoms with E-state index in [1.165, 1.54) is 0 Å². The van der Waals surface area contributed by atoms with E-state index in [0.29, 0.717) is 13.3 Å². The maximum atomic E-state index is 4.72. The molecule has 1 aliphatic rings. The third-order valence-electron chi connectivity index (χ3n) is 0.487. The summed E-state index contributed by atoms with van der Waals surface area (Å²) in [4.78, 5) is 3.74. The maximum Gasteiger partial charge on any atom is 0.137 e. The lowest BCUT2D eigenvalue weighted by Crippen LogP contribution is -1.79. The maximum absolute atomic E-state index is 4.72. The van der Waals surface area contributed by atoms with Crippen LogP contribution in [-0.2, 0) is 4.74 Å². The molecular weight excluding hydrogens is 82.0 g/mol. The first-order valence-corrected chi connectivity index (χ1v) is 1.56. The number of hydrogen-bond acceptors (Lipinski definition) is 2. The van der Waals surface area contributed by atoms with Gasteiger partial charge in [-0.15, -0.1) is 0 Å². The van der Waals surface area contributed by atoms with Crippen molar-refractivity contribution in [1.29, 1.82) is 0 Å². The van der Waals surface area contributed by atoms with Gasteiger partial charge in [0.25, 0.3) is 0 Å². The fourth-order valence-electron chi connectivity index (χ4n) is 0.264. The number of rotatable bonds is 0. The van der Waals surface area contributed by atoms with Crippen LogP contribution in [0.2, 0.25) is 0 Å². The van der Waals surface area contributed by atoms with E-state index in [9.17, 15) is 0 Å². The van der Waals surface area contributed by atoms with Gasteiger partial charge in [0.2, 0.25) is 0 Å². The smallest absolute Gasteiger partial charge is 0.137 e. The summed E-state index contributed by atoms with van der Waals surface area (Å²) in [5, 5.41) is 0. The van der Waals surface area contributed by atoms with E-state index in [1.807, 2.05) is 0 Å². The lowest BCUT2D eigenvalue weighted by Gasteiger charge is -1.75. The van der Waals surface area contributed by atoms with Crippen LogP contribution >= 0.6 is 0 Å². The predicted octanol–water partition coefficient (Wildman–Crippen LogP) is -0.780. The molecule has 0 fully saturated rings. The number of aliphatic imine (C=N–C) groups is 1. The highest BCUT2D eigenvalue weighted by atomic mass is 16.5. The molecule has 0 radical (unpaired) electrons. The van der Waals surface area contributed by atoms with Gasteiger partial charge >= 0.3 is 0 Å². The van der Waals surface area contributed by atoms with E-state index in [-0.39, 0.29) is 5.48 Å². The Morgan fingerprint density at radius 3 is 2.67 bits per heavy atom. The summed E-state index contributed by atoms with van der Waals surface area (Å²) in [7, 11) is 0. The van der Waals surface area contributed by atoms with E-state index in [0.717, 1.165) is 0 Å². The molecule has 0 aromatic rings. The highest BCUT2D eigenvalue weighted by Crippen LogP contribution is 1.79. The molecule has 0 bridgehead atoms. The van der Waals surface area contributed by atoms with Gasteiger partial charge in [0.05, 0.1) is 6.61 Å². The number of hydrogen-bond donors (Lipinski definition) is 0. The predicted molar refractivity (Wildman–Crippen MR) is 22.9 cm³/mol. The molecule has 2 N–H and O–H groups in total. The van der Waals surface area contributed by atoms with Crippen molar-refractivity contribution in [3.05, 3.63) is 0 Å². The molecule has 0 aliphatic carbocycles. The van der Waals surface area contributed by atoms with Crippen molar-refractivity contribution >= 4 is 6.21 Å². The van der Waals surface area contributed by atoms with Crippen LogP contribution in [0.5, 0.6) is 0 Å². The first kappa shape index (κ1) is 5.59. The summed E-state index contributed by atoms with van der Waals surface area (Å²) in [6, 6.07) is 0. The van der Waals surface area contributed by atoms with Crippen LogP contribution in [0, 0.1) is 0 Å². The quantitative estimate of drug-likeness (QED) is 0.384. The standard InChI is InChI=1S/C3H5NO.H2O/c1-2-5-3-4-1;/h1H,2-3H2;1H2. The van der Waals surface area contributed by atoms with Crippen LogP contribution in [0.15, 0.2) is 4.99 Å². The summed E-state index contributed by atoms with van der Waals surface area (Å²) >= 11 is 0. The molecule has 3 heteroatoms. The van der Waals surface area contributed by atoms with Crippen LogP contribution in [-0.4, -0.2) is 25.0 Å². The van der Waals surface area contributed by atoms with Gasteiger partial charge in [-0.1, -0.05) is 0 Å². The molecule has 0 saturated heterocycles. The van der Waals surface area contributed by atoms with E-state index in [2.05, 4.69) is 4.99 Å². The van der Waals surface area contributed by atoms with Gasteiger partial charge in [-0.25, -0.2) is 0 Å². The lowest BCUT2D eigenvalue weighted by molar-refractivity contribution is 0.203. The largest absolute Gasteiger partial charge is 0.412 e. The highest BCUT2D eigenvalue weighted by molar-refractivity contribution is 5.59. The van der Waals surface area contributed by atoms with Crippen LogP contribution in [0.4, 0.5) is 0 Å². The van der Waals surface area contributed by atoms with E-state index in [4.69, 9.17) is 4.74 Å². The molecule has 1 heterocycles. The molecule has 1 rings (SSSR count). The minimum absolute atomic E-state index is 0. The Kier molecular flexibility index (Phi) is 2.62. The van der Waals surface area contributed by atoms with Gasteiger partial charge < -0.3 is 10.2 Å². The van der Waals surface area contributed by atoms with Crippen LogP contribution in [0.25, 0.3) is 0 Å². The molecule has 6 heavy (non-hydrogen) atoms. The zero-order valence-corrected chi connectivity index (χ0v) is 3.35. The summed E-state index contributed by atoms with van der Waals surface area (Å²) in [5.41, 5.74) is 0. The number of nitrogens with zero attached hydrogens (tertiary/aromatic N) is 1. The van der Waals surface area contributed by atoms with Crippen molar-refractivity contribution in [2.75, 3.05) is 13.3 Å². The van der Waals surface area contributed by atoms with Gasteiger partial charge in [0, 0.05) is 6.21 Å². The van der Waals surface area contributed by atoms with Gasteiger partial charge in [-0.05, 0) is 0 Å². The molecule has 0 unspecified atom stereocenters. The highest BCUT2D eigenvalue weighted by Gasteiger charge is 1.84. The van der Waals surface area contributed by atoms with Gasteiger partial charge in [-0.2, -0.15) is 0 Å². The van der Waals surface area contributed by atoms with Crippen molar-refractivity contribution in [2.45, 2.75) is 0 Å². The zero-order valence-electron chi connectivity index (χ0n) is 3.35.